The van der Waals surface area contributed by atoms with Gasteiger partial charge >= 0.3 is 6.18 Å². The Bertz CT molecular complexity index is 587. The fourth-order valence-electron chi connectivity index (χ4n) is 2.15. The number of alkyl halides is 3. The zero-order chi connectivity index (χ0) is 15.0. The van der Waals surface area contributed by atoms with Crippen LogP contribution in [0, 0.1) is 0 Å². The van der Waals surface area contributed by atoms with E-state index in [9.17, 15) is 21.6 Å². The molecule has 4 nitrogen and oxygen atoms in total. The van der Waals surface area contributed by atoms with E-state index in [1.54, 1.807) is 0 Å². The van der Waals surface area contributed by atoms with Crippen molar-refractivity contribution in [3.05, 3.63) is 35.4 Å². The van der Waals surface area contributed by atoms with Crippen LogP contribution in [0.15, 0.2) is 24.3 Å². The average molecular weight is 308 g/mol. The Hall–Kier alpha value is -1.12. The quantitative estimate of drug-likeness (QED) is 0.922. The molecule has 0 aromatic heterocycles. The third kappa shape index (κ3) is 3.50. The van der Waals surface area contributed by atoms with E-state index in [4.69, 9.17) is 5.73 Å². The summed E-state index contributed by atoms with van der Waals surface area (Å²) in [5.74, 6) is -0.441. The van der Waals surface area contributed by atoms with Crippen LogP contribution in [-0.2, 0) is 22.0 Å². The van der Waals surface area contributed by atoms with Crippen molar-refractivity contribution < 1.29 is 21.6 Å². The molecule has 112 valence electrons. The first-order chi connectivity index (χ1) is 9.18. The summed E-state index contributed by atoms with van der Waals surface area (Å²) in [5.41, 5.74) is 4.92. The molecule has 1 aromatic rings. The number of nitrogens with two attached hydrogens (primary N) is 1. The molecule has 0 saturated carbocycles. The van der Waals surface area contributed by atoms with E-state index < -0.39 is 27.5 Å². The second-order valence-electron chi connectivity index (χ2n) is 4.86. The standard InChI is InChI=1S/C12H15F3N2O2S/c13-12(14,15)10-3-1-2-9(6-10)8-20(18,19)17-5-4-11(16)7-17/h1-3,6,11H,4-5,7-8,16H2/t11-/m0/s1. The predicted octanol–water partition coefficient (Wildman–Crippen LogP) is 1.57. The van der Waals surface area contributed by atoms with Crippen LogP contribution in [0.25, 0.3) is 0 Å². The summed E-state index contributed by atoms with van der Waals surface area (Å²) in [6.07, 6.45) is -3.91. The summed E-state index contributed by atoms with van der Waals surface area (Å²) in [5, 5.41) is 0. The van der Waals surface area contributed by atoms with E-state index in [0.29, 0.717) is 13.0 Å². The molecule has 0 amide bonds. The van der Waals surface area contributed by atoms with Crippen molar-refractivity contribution in [3.63, 3.8) is 0 Å². The van der Waals surface area contributed by atoms with Gasteiger partial charge in [0.25, 0.3) is 0 Å². The predicted molar refractivity (Wildman–Crippen MR) is 68.2 cm³/mol. The van der Waals surface area contributed by atoms with Gasteiger partial charge in [0.1, 0.15) is 0 Å². The molecule has 20 heavy (non-hydrogen) atoms. The number of hydrogen-bond acceptors (Lipinski definition) is 3. The van der Waals surface area contributed by atoms with Crippen molar-refractivity contribution in [2.24, 2.45) is 5.73 Å². The van der Waals surface area contributed by atoms with Gasteiger partial charge in [-0.15, -0.1) is 0 Å². The van der Waals surface area contributed by atoms with E-state index >= 15 is 0 Å². The van der Waals surface area contributed by atoms with Gasteiger partial charge in [0.15, 0.2) is 0 Å². The molecule has 1 aromatic carbocycles. The molecule has 1 aliphatic rings. The molecule has 0 unspecified atom stereocenters. The molecule has 1 saturated heterocycles. The lowest BCUT2D eigenvalue weighted by Crippen LogP contribution is -2.32. The first-order valence-corrected chi connectivity index (χ1v) is 7.69. The van der Waals surface area contributed by atoms with Gasteiger partial charge in [-0.05, 0) is 18.1 Å². The number of benzene rings is 1. The maximum absolute atomic E-state index is 12.6. The highest BCUT2D eigenvalue weighted by atomic mass is 32.2. The van der Waals surface area contributed by atoms with Gasteiger partial charge in [0, 0.05) is 19.1 Å². The van der Waals surface area contributed by atoms with Crippen LogP contribution < -0.4 is 5.73 Å². The van der Waals surface area contributed by atoms with Crippen LogP contribution in [0.2, 0.25) is 0 Å². The van der Waals surface area contributed by atoms with Crippen molar-refractivity contribution >= 4 is 10.0 Å². The number of halogens is 3. The smallest absolute Gasteiger partial charge is 0.326 e. The van der Waals surface area contributed by atoms with Gasteiger partial charge in [-0.3, -0.25) is 0 Å². The maximum atomic E-state index is 12.6. The summed E-state index contributed by atoms with van der Waals surface area (Å²) in [6, 6.07) is 4.17. The fraction of sp³-hybridized carbons (Fsp3) is 0.500. The Labute approximate surface area is 115 Å². The second-order valence-corrected chi connectivity index (χ2v) is 6.83. The highest BCUT2D eigenvalue weighted by Crippen LogP contribution is 2.30. The molecular weight excluding hydrogens is 293 g/mol. The van der Waals surface area contributed by atoms with Crippen LogP contribution in [0.5, 0.6) is 0 Å². The lowest BCUT2D eigenvalue weighted by atomic mass is 10.1. The number of nitrogens with zero attached hydrogens (tertiary/aromatic N) is 1. The molecule has 0 spiro atoms. The Kier molecular flexibility index (Phi) is 4.08. The molecule has 0 bridgehead atoms. The molecule has 1 heterocycles. The molecule has 0 radical (unpaired) electrons. The van der Waals surface area contributed by atoms with Gasteiger partial charge < -0.3 is 5.73 Å². The molecular formula is C12H15F3N2O2S. The molecule has 1 fully saturated rings. The van der Waals surface area contributed by atoms with E-state index in [0.717, 1.165) is 12.1 Å². The number of sulfonamides is 1. The summed E-state index contributed by atoms with van der Waals surface area (Å²) in [4.78, 5) is 0. The molecule has 8 heteroatoms. The van der Waals surface area contributed by atoms with Gasteiger partial charge in [-0.1, -0.05) is 18.2 Å². The zero-order valence-electron chi connectivity index (χ0n) is 10.6. The maximum Gasteiger partial charge on any atom is 0.416 e. The first kappa shape index (κ1) is 15.3. The van der Waals surface area contributed by atoms with Gasteiger partial charge in [-0.25, -0.2) is 12.7 Å². The van der Waals surface area contributed by atoms with E-state index in [1.165, 1.54) is 16.4 Å². The Morgan fingerprint density at radius 1 is 1.35 bits per heavy atom. The summed E-state index contributed by atoms with van der Waals surface area (Å²) >= 11 is 0. The minimum Gasteiger partial charge on any atom is -0.326 e. The van der Waals surface area contributed by atoms with Crippen molar-refractivity contribution in [3.8, 4) is 0 Å². The van der Waals surface area contributed by atoms with Crippen LogP contribution in [-0.4, -0.2) is 31.9 Å². The van der Waals surface area contributed by atoms with Crippen LogP contribution >= 0.6 is 0 Å². The monoisotopic (exact) mass is 308 g/mol. The summed E-state index contributed by atoms with van der Waals surface area (Å²) in [6.45, 7) is 0.545. The topological polar surface area (TPSA) is 63.4 Å². The highest BCUT2D eigenvalue weighted by Gasteiger charge is 2.32. The van der Waals surface area contributed by atoms with Crippen molar-refractivity contribution in [2.45, 2.75) is 24.4 Å². The van der Waals surface area contributed by atoms with Crippen molar-refractivity contribution in [1.29, 1.82) is 0 Å². The van der Waals surface area contributed by atoms with Gasteiger partial charge in [0.05, 0.1) is 11.3 Å². The molecule has 1 atom stereocenters. The first-order valence-electron chi connectivity index (χ1n) is 6.08. The summed E-state index contributed by atoms with van der Waals surface area (Å²) in [7, 11) is -3.62. The average Bonchev–Trinajstić information content (AvgIpc) is 2.75. The Balaban J connectivity index is 2.17. The van der Waals surface area contributed by atoms with Crippen LogP contribution in [0.3, 0.4) is 0 Å². The van der Waals surface area contributed by atoms with Gasteiger partial charge in [-0.2, -0.15) is 13.2 Å². The normalized spacial score (nSPS) is 21.3. The van der Waals surface area contributed by atoms with Crippen molar-refractivity contribution in [2.75, 3.05) is 13.1 Å². The van der Waals surface area contributed by atoms with E-state index in [-0.39, 0.29) is 18.2 Å². The van der Waals surface area contributed by atoms with Crippen LogP contribution in [0.1, 0.15) is 17.5 Å². The Morgan fingerprint density at radius 2 is 2.05 bits per heavy atom. The fourth-order valence-corrected chi connectivity index (χ4v) is 3.73. The molecule has 1 aliphatic heterocycles. The SMILES string of the molecule is N[C@H]1CCN(S(=O)(=O)Cc2cccc(C(F)(F)F)c2)C1. The number of hydrogen-bond donors (Lipinski definition) is 1. The minimum atomic E-state index is -4.48. The zero-order valence-corrected chi connectivity index (χ0v) is 11.4. The minimum absolute atomic E-state index is 0.125. The van der Waals surface area contributed by atoms with Crippen LogP contribution in [0.4, 0.5) is 13.2 Å². The van der Waals surface area contributed by atoms with E-state index in [2.05, 4.69) is 0 Å². The summed E-state index contributed by atoms with van der Waals surface area (Å²) < 4.78 is 63.2. The highest BCUT2D eigenvalue weighted by molar-refractivity contribution is 7.88. The third-order valence-electron chi connectivity index (χ3n) is 3.18. The lowest BCUT2D eigenvalue weighted by molar-refractivity contribution is -0.137. The second kappa shape index (κ2) is 5.34. The molecule has 2 N–H and O–H groups in total. The Morgan fingerprint density at radius 3 is 2.60 bits per heavy atom. The largest absolute Gasteiger partial charge is 0.416 e. The van der Waals surface area contributed by atoms with Crippen molar-refractivity contribution in [1.82, 2.24) is 4.31 Å². The van der Waals surface area contributed by atoms with E-state index in [1.807, 2.05) is 0 Å². The van der Waals surface area contributed by atoms with Gasteiger partial charge in [0.2, 0.25) is 10.0 Å². The lowest BCUT2D eigenvalue weighted by Gasteiger charge is -2.16. The third-order valence-corrected chi connectivity index (χ3v) is 5.00. The molecule has 0 aliphatic carbocycles. The molecule has 2 rings (SSSR count). The number of rotatable bonds is 3.